The molecule has 4 N–H and O–H groups in total. The number of carbonyl (C=O) groups excluding carboxylic acids is 5. The second kappa shape index (κ2) is 23.6. The molecule has 0 spiro atoms. The molecule has 5 amide bonds. The van der Waals surface area contributed by atoms with E-state index in [-0.39, 0.29) is 49.3 Å². The van der Waals surface area contributed by atoms with Gasteiger partial charge in [-0.1, -0.05) is 80.7 Å². The van der Waals surface area contributed by atoms with Gasteiger partial charge in [-0.05, 0) is 55.1 Å². The largest absolute Gasteiger partial charge is 0.468 e. The minimum absolute atomic E-state index is 0.0356. The summed E-state index contributed by atoms with van der Waals surface area (Å²) in [5.41, 5.74) is -0.992. The molecule has 304 valence electrons. The lowest BCUT2D eigenvalue weighted by molar-refractivity contribution is -0.142. The van der Waals surface area contributed by atoms with Crippen molar-refractivity contribution in [2.24, 2.45) is 23.7 Å². The molecule has 0 aromatic carbocycles. The number of carbonyl (C=O) groups is 5. The molecule has 2 heterocycles. The van der Waals surface area contributed by atoms with Crippen molar-refractivity contribution in [1.82, 2.24) is 26.2 Å². The average Bonchev–Trinajstić information content (AvgIpc) is 3.69. The molecule has 2 aliphatic rings. The second-order valence-corrected chi connectivity index (χ2v) is 17.8. The molecule has 4 unspecified atom stereocenters. The molecule has 14 heteroatoms. The molecule has 1 aliphatic carbocycles. The Labute approximate surface area is 323 Å². The quantitative estimate of drug-likeness (QED) is 0.112. The number of terminal acetylenes is 1. The molecular formula is C40H65N5O8S. The Morgan fingerprint density at radius 2 is 1.65 bits per heavy atom. The van der Waals surface area contributed by atoms with E-state index < -0.39 is 63.5 Å². The number of hydrogen-bond acceptors (Lipinski definition) is 8. The number of hydrogen-bond donors (Lipinski definition) is 4. The third-order valence-corrected chi connectivity index (χ3v) is 10.4. The van der Waals surface area contributed by atoms with Crippen molar-refractivity contribution in [3.63, 3.8) is 0 Å². The van der Waals surface area contributed by atoms with Gasteiger partial charge in [-0.3, -0.25) is 19.2 Å². The van der Waals surface area contributed by atoms with Crippen molar-refractivity contribution >= 4 is 39.4 Å². The van der Waals surface area contributed by atoms with Gasteiger partial charge in [0.1, 0.15) is 17.6 Å². The van der Waals surface area contributed by atoms with Gasteiger partial charge in [0.2, 0.25) is 17.6 Å². The van der Waals surface area contributed by atoms with Gasteiger partial charge in [-0.25, -0.2) is 13.2 Å². The molecular weight excluding hydrogens is 711 g/mol. The van der Waals surface area contributed by atoms with E-state index in [1.807, 2.05) is 13.8 Å². The van der Waals surface area contributed by atoms with Gasteiger partial charge in [0.05, 0.1) is 30.1 Å². The Kier molecular flexibility index (Phi) is 21.0. The number of Topliss-reactive ketones (excluding diaryl/α,β-unsaturated/α-hetero) is 1. The third kappa shape index (κ3) is 17.3. The van der Waals surface area contributed by atoms with Gasteiger partial charge in [0.25, 0.3) is 5.91 Å². The number of rotatable bonds is 15. The van der Waals surface area contributed by atoms with Crippen LogP contribution in [0, 0.1) is 36.0 Å². The Morgan fingerprint density at radius 3 is 2.19 bits per heavy atom. The number of furan rings is 1. The van der Waals surface area contributed by atoms with E-state index in [4.69, 9.17) is 10.8 Å². The van der Waals surface area contributed by atoms with Crippen molar-refractivity contribution in [3.05, 3.63) is 36.8 Å². The molecule has 54 heavy (non-hydrogen) atoms. The molecule has 1 aliphatic heterocycles. The lowest BCUT2D eigenvalue weighted by Gasteiger charge is -2.37. The predicted octanol–water partition coefficient (Wildman–Crippen LogP) is 4.77. The minimum atomic E-state index is -3.63. The Balaban J connectivity index is 0.00000165. The van der Waals surface area contributed by atoms with Gasteiger partial charge in [-0.2, -0.15) is 0 Å². The molecule has 1 saturated heterocycles. The predicted molar refractivity (Wildman–Crippen MR) is 212 cm³/mol. The van der Waals surface area contributed by atoms with Crippen LogP contribution in [-0.2, 0) is 34.8 Å². The molecule has 1 aromatic heterocycles. The van der Waals surface area contributed by atoms with Crippen molar-refractivity contribution in [2.45, 2.75) is 124 Å². The highest BCUT2D eigenvalue weighted by atomic mass is 32.2. The summed E-state index contributed by atoms with van der Waals surface area (Å²) in [6.07, 6.45) is 11.7. The normalized spacial score (nSPS) is 19.5. The molecule has 1 aromatic rings. The first-order valence-electron chi connectivity index (χ1n) is 19.0. The fourth-order valence-electron chi connectivity index (χ4n) is 6.15. The topological polar surface area (TPSA) is 184 Å². The first kappa shape index (κ1) is 47.9. The fraction of sp³-hybridized carbons (Fsp3) is 0.675. The number of nitrogens with zero attached hydrogens (tertiary/aromatic N) is 1. The van der Waals surface area contributed by atoms with Gasteiger partial charge >= 0.3 is 6.03 Å². The van der Waals surface area contributed by atoms with Crippen LogP contribution in [0.25, 0.3) is 0 Å². The van der Waals surface area contributed by atoms with Crippen molar-refractivity contribution < 1.29 is 36.8 Å². The Hall–Kier alpha value is -4.12. The summed E-state index contributed by atoms with van der Waals surface area (Å²) in [5.74, 6) is 0.592. The highest BCUT2D eigenvalue weighted by Gasteiger charge is 2.45. The minimum Gasteiger partial charge on any atom is -0.468 e. The fourth-order valence-corrected chi connectivity index (χ4v) is 8.05. The maximum absolute atomic E-state index is 13.5. The first-order valence-corrected chi connectivity index (χ1v) is 20.8. The van der Waals surface area contributed by atoms with Crippen LogP contribution in [0.2, 0.25) is 0 Å². The van der Waals surface area contributed by atoms with E-state index in [0.29, 0.717) is 18.6 Å². The van der Waals surface area contributed by atoms with Crippen LogP contribution in [-0.4, -0.2) is 85.9 Å². The summed E-state index contributed by atoms with van der Waals surface area (Å²) in [6, 6.07) is 0.367. The van der Waals surface area contributed by atoms with E-state index in [2.05, 4.69) is 75.3 Å². The van der Waals surface area contributed by atoms with E-state index in [1.54, 1.807) is 12.1 Å². The van der Waals surface area contributed by atoms with Crippen LogP contribution in [0.5, 0.6) is 0 Å². The van der Waals surface area contributed by atoms with E-state index >= 15 is 0 Å². The number of likely N-dealkylation sites (tertiary alicyclic amines) is 1. The van der Waals surface area contributed by atoms with Crippen molar-refractivity contribution in [1.29, 1.82) is 0 Å². The number of ketones is 1. The molecule has 2 fully saturated rings. The number of amides is 5. The van der Waals surface area contributed by atoms with E-state index in [9.17, 15) is 32.4 Å². The smallest absolute Gasteiger partial charge is 0.315 e. The molecule has 13 nitrogen and oxygen atoms in total. The van der Waals surface area contributed by atoms with Gasteiger partial charge < -0.3 is 30.6 Å². The van der Waals surface area contributed by atoms with Crippen LogP contribution >= 0.6 is 0 Å². The van der Waals surface area contributed by atoms with Gasteiger partial charge in [0, 0.05) is 19.5 Å². The average molecular weight is 776 g/mol. The maximum Gasteiger partial charge on any atom is 0.315 e. The zero-order valence-electron chi connectivity index (χ0n) is 33.7. The lowest BCUT2D eigenvalue weighted by atomic mass is 9.83. The third-order valence-electron chi connectivity index (χ3n) is 8.67. The number of nitrogens with one attached hydrogen (secondary N) is 4. The monoisotopic (exact) mass is 775 g/mol. The van der Waals surface area contributed by atoms with Crippen molar-refractivity contribution in [2.75, 3.05) is 25.4 Å². The standard InChI is InChI=1S/C32H45N5O8S.2C4H10/c1-5-7-13-25(28(39)30(41)33-16-6-2)35-29(40)27-23(4)22(3)19-37(27)26(38)18-34-31(42)36-32(14-9-8-10-15-32)21-46(43,44)20-24-12-11-17-45-24;2*1-4(2)3/h1,6,11-12,17,22-23,25,27H,2,7-10,13-16,18-21H2,3-4H3,(H,33,41)(H,35,40)(H2,34,36,42);2*4H,1-3H3. The van der Waals surface area contributed by atoms with Crippen LogP contribution in [0.15, 0.2) is 35.5 Å². The number of sulfone groups is 1. The van der Waals surface area contributed by atoms with E-state index in [1.165, 1.54) is 17.2 Å². The molecule has 0 bridgehead atoms. The van der Waals surface area contributed by atoms with Gasteiger partial charge in [0.15, 0.2) is 9.84 Å². The summed E-state index contributed by atoms with van der Waals surface area (Å²) in [5, 5.41) is 10.4. The summed E-state index contributed by atoms with van der Waals surface area (Å²) < 4.78 is 31.3. The SMILES string of the molecule is C#CCCC(NC(=O)C1C(C)C(C)CN1C(=O)CNC(=O)NC1(CS(=O)(=O)Cc2ccco2)CCCCC1)C(=O)C(=O)NCC=C.CC(C)C.CC(C)C. The summed E-state index contributed by atoms with van der Waals surface area (Å²) in [6.45, 7) is 20.1. The highest BCUT2D eigenvalue weighted by Crippen LogP contribution is 2.31. The van der Waals surface area contributed by atoms with E-state index in [0.717, 1.165) is 31.1 Å². The van der Waals surface area contributed by atoms with Crippen LogP contribution in [0.3, 0.4) is 0 Å². The summed E-state index contributed by atoms with van der Waals surface area (Å²) in [4.78, 5) is 66.4. The summed E-state index contributed by atoms with van der Waals surface area (Å²) in [7, 11) is -3.63. The van der Waals surface area contributed by atoms with Crippen LogP contribution in [0.4, 0.5) is 4.79 Å². The zero-order valence-corrected chi connectivity index (χ0v) is 34.5. The molecule has 1 saturated carbocycles. The number of urea groups is 1. The Bertz CT molecular complexity index is 1500. The molecule has 4 atom stereocenters. The first-order chi connectivity index (χ1) is 25.3. The molecule has 3 rings (SSSR count). The highest BCUT2D eigenvalue weighted by molar-refractivity contribution is 7.90. The van der Waals surface area contributed by atoms with Crippen molar-refractivity contribution in [3.8, 4) is 12.3 Å². The lowest BCUT2D eigenvalue weighted by Crippen LogP contribution is -2.58. The second-order valence-electron chi connectivity index (χ2n) is 15.7. The molecule has 0 radical (unpaired) electrons. The maximum atomic E-state index is 13.5. The van der Waals surface area contributed by atoms with Crippen LogP contribution < -0.4 is 21.3 Å². The Morgan fingerprint density at radius 1 is 1.04 bits per heavy atom. The zero-order chi connectivity index (χ0) is 41.1. The van der Waals surface area contributed by atoms with Crippen LogP contribution in [0.1, 0.15) is 106 Å². The van der Waals surface area contributed by atoms with Gasteiger partial charge in [-0.15, -0.1) is 18.9 Å². The summed E-state index contributed by atoms with van der Waals surface area (Å²) >= 11 is 0.